The highest BCUT2D eigenvalue weighted by Crippen LogP contribution is 2.35. The van der Waals surface area contributed by atoms with Gasteiger partial charge in [-0.3, -0.25) is 4.79 Å². The number of hydrazone groups is 1. The number of halogens is 2. The molecule has 0 spiro atoms. The monoisotopic (exact) mass is 593 g/mol. The molecule has 6 rings (SSSR count). The van der Waals surface area contributed by atoms with Gasteiger partial charge >= 0.3 is 5.91 Å². The molecule has 6 aromatic rings. The number of hydrogen-bond acceptors (Lipinski definition) is 3. The van der Waals surface area contributed by atoms with Crippen molar-refractivity contribution in [2.75, 3.05) is 0 Å². The molecule has 2 aromatic heterocycles. The summed E-state index contributed by atoms with van der Waals surface area (Å²) in [5.74, 6) is -0.291. The Hall–Kier alpha value is -4.39. The van der Waals surface area contributed by atoms with E-state index in [9.17, 15) is 4.79 Å². The van der Waals surface area contributed by atoms with Crippen LogP contribution in [0.15, 0.2) is 129 Å². The van der Waals surface area contributed by atoms with Crippen LogP contribution in [-0.4, -0.2) is 16.7 Å². The number of nitrogens with zero attached hydrogens (tertiary/aromatic N) is 2. The van der Waals surface area contributed by atoms with E-state index in [4.69, 9.17) is 16.0 Å². The third kappa shape index (κ3) is 5.17. The number of carbonyl (C=O) groups is 1. The smallest absolute Gasteiger partial charge is 0.307 e. The van der Waals surface area contributed by atoms with Gasteiger partial charge in [0.05, 0.1) is 17.6 Å². The summed E-state index contributed by atoms with van der Waals surface area (Å²) >= 11 is 9.61. The summed E-state index contributed by atoms with van der Waals surface area (Å²) in [5, 5.41) is 5.64. The summed E-state index contributed by atoms with van der Waals surface area (Å²) < 4.78 is 8.89. The molecule has 39 heavy (non-hydrogen) atoms. The summed E-state index contributed by atoms with van der Waals surface area (Å²) in [6.45, 7) is 0. The number of nitrogens with one attached hydrogen (secondary N) is 1. The van der Waals surface area contributed by atoms with Gasteiger partial charge in [0.25, 0.3) is 0 Å². The summed E-state index contributed by atoms with van der Waals surface area (Å²) in [6, 6.07) is 37.4. The van der Waals surface area contributed by atoms with Crippen molar-refractivity contribution >= 4 is 50.6 Å². The largest absolute Gasteiger partial charge is 0.451 e. The number of fused-ring (bicyclic) bond motifs is 1. The summed E-state index contributed by atoms with van der Waals surface area (Å²) in [5.41, 5.74) is 9.06. The van der Waals surface area contributed by atoms with Crippen LogP contribution >= 0.6 is 27.5 Å². The van der Waals surface area contributed by atoms with Gasteiger partial charge in [-0.25, -0.2) is 5.43 Å². The number of aromatic nitrogens is 1. The molecule has 0 fully saturated rings. The zero-order valence-corrected chi connectivity index (χ0v) is 22.9. The Kier molecular flexibility index (Phi) is 6.88. The molecule has 0 radical (unpaired) electrons. The maximum Gasteiger partial charge on any atom is 0.307 e. The number of furan rings is 1. The maximum atomic E-state index is 12.8. The van der Waals surface area contributed by atoms with Gasteiger partial charge in [-0.2, -0.15) is 5.10 Å². The first kappa shape index (κ1) is 24.9. The van der Waals surface area contributed by atoms with Crippen molar-refractivity contribution in [1.82, 2.24) is 9.99 Å². The van der Waals surface area contributed by atoms with Crippen molar-refractivity contribution in [2.24, 2.45) is 5.10 Å². The Morgan fingerprint density at radius 3 is 2.26 bits per heavy atom. The first-order valence-corrected chi connectivity index (χ1v) is 13.4. The van der Waals surface area contributed by atoms with Gasteiger partial charge in [-0.05, 0) is 65.7 Å². The molecule has 0 saturated carbocycles. The molecule has 5 nitrogen and oxygen atoms in total. The first-order chi connectivity index (χ1) is 19.1. The summed E-state index contributed by atoms with van der Waals surface area (Å²) in [6.07, 6.45) is 1.67. The Bertz CT molecular complexity index is 1810. The SMILES string of the molecule is O=C(N/N=C\c1cc(-c2ccccc2)n(-c2ccc(Br)cc2)c1-c1ccccc1)c1cc2cc(Cl)ccc2o1. The Morgan fingerprint density at radius 2 is 1.54 bits per heavy atom. The zero-order valence-electron chi connectivity index (χ0n) is 20.5. The van der Waals surface area contributed by atoms with Crippen LogP contribution in [0.2, 0.25) is 5.02 Å². The van der Waals surface area contributed by atoms with Gasteiger partial charge in [0.2, 0.25) is 0 Å². The predicted molar refractivity (Wildman–Crippen MR) is 161 cm³/mol. The standard InChI is InChI=1S/C32H21BrClN3O2/c33-25-11-14-27(15-12-25)37-28(21-7-3-1-4-8-21)18-24(31(37)22-9-5-2-6-10-22)20-35-36-32(38)30-19-23-17-26(34)13-16-29(23)39-30/h1-20H,(H,36,38)/b35-20-. The fourth-order valence-electron chi connectivity index (χ4n) is 4.54. The Balaban J connectivity index is 1.43. The Labute approximate surface area is 238 Å². The molecule has 7 heteroatoms. The highest BCUT2D eigenvalue weighted by molar-refractivity contribution is 9.10. The summed E-state index contributed by atoms with van der Waals surface area (Å²) in [7, 11) is 0. The highest BCUT2D eigenvalue weighted by Gasteiger charge is 2.19. The molecule has 0 saturated heterocycles. The second kappa shape index (κ2) is 10.8. The minimum atomic E-state index is -0.449. The Morgan fingerprint density at radius 1 is 0.846 bits per heavy atom. The second-order valence-electron chi connectivity index (χ2n) is 8.87. The average molecular weight is 595 g/mol. The fraction of sp³-hybridized carbons (Fsp3) is 0. The molecule has 0 unspecified atom stereocenters. The number of hydrogen-bond donors (Lipinski definition) is 1. The van der Waals surface area contributed by atoms with E-state index < -0.39 is 5.91 Å². The molecular formula is C32H21BrClN3O2. The van der Waals surface area contributed by atoms with Crippen LogP contribution in [0.4, 0.5) is 0 Å². The fourth-order valence-corrected chi connectivity index (χ4v) is 4.99. The number of rotatable bonds is 6. The van der Waals surface area contributed by atoms with Crippen LogP contribution < -0.4 is 5.43 Å². The van der Waals surface area contributed by atoms with Crippen LogP contribution in [0.1, 0.15) is 16.1 Å². The normalized spacial score (nSPS) is 11.3. The number of amides is 1. The van der Waals surface area contributed by atoms with Crippen LogP contribution in [0.3, 0.4) is 0 Å². The van der Waals surface area contributed by atoms with Gasteiger partial charge in [-0.15, -0.1) is 0 Å². The van der Waals surface area contributed by atoms with Crippen molar-refractivity contribution in [3.8, 4) is 28.2 Å². The van der Waals surface area contributed by atoms with Crippen LogP contribution in [0.5, 0.6) is 0 Å². The quantitative estimate of drug-likeness (QED) is 0.155. The van der Waals surface area contributed by atoms with E-state index >= 15 is 0 Å². The van der Waals surface area contributed by atoms with Crippen LogP contribution in [0, 0.1) is 0 Å². The lowest BCUT2D eigenvalue weighted by Gasteiger charge is -2.15. The topological polar surface area (TPSA) is 59.5 Å². The van der Waals surface area contributed by atoms with Crippen LogP contribution in [0.25, 0.3) is 39.2 Å². The van der Waals surface area contributed by atoms with Gasteiger partial charge in [0.1, 0.15) is 5.58 Å². The van der Waals surface area contributed by atoms with Gasteiger partial charge in [-0.1, -0.05) is 88.2 Å². The maximum absolute atomic E-state index is 12.8. The lowest BCUT2D eigenvalue weighted by Crippen LogP contribution is -2.16. The molecule has 2 heterocycles. The van der Waals surface area contributed by atoms with E-state index in [1.165, 1.54) is 0 Å². The van der Waals surface area contributed by atoms with Gasteiger partial charge < -0.3 is 8.98 Å². The zero-order chi connectivity index (χ0) is 26.8. The molecule has 0 atom stereocenters. The van der Waals surface area contributed by atoms with E-state index in [2.05, 4.69) is 73.5 Å². The second-order valence-corrected chi connectivity index (χ2v) is 10.2. The molecule has 0 bridgehead atoms. The van der Waals surface area contributed by atoms with E-state index in [0.29, 0.717) is 10.6 Å². The molecule has 1 N–H and O–H groups in total. The lowest BCUT2D eigenvalue weighted by atomic mass is 10.1. The third-order valence-electron chi connectivity index (χ3n) is 6.30. The van der Waals surface area contributed by atoms with Gasteiger partial charge in [0, 0.05) is 26.1 Å². The molecule has 4 aromatic carbocycles. The first-order valence-electron chi connectivity index (χ1n) is 12.2. The molecular weight excluding hydrogens is 574 g/mol. The van der Waals surface area contributed by atoms with Gasteiger partial charge in [0.15, 0.2) is 5.76 Å². The minimum Gasteiger partial charge on any atom is -0.451 e. The summed E-state index contributed by atoms with van der Waals surface area (Å²) in [4.78, 5) is 12.8. The van der Waals surface area contributed by atoms with E-state index in [0.717, 1.165) is 43.6 Å². The molecule has 190 valence electrons. The average Bonchev–Trinajstić information content (AvgIpc) is 3.56. The molecule has 0 aliphatic heterocycles. The minimum absolute atomic E-state index is 0.158. The van der Waals surface area contributed by atoms with Crippen molar-refractivity contribution in [3.63, 3.8) is 0 Å². The van der Waals surface area contributed by atoms with Crippen molar-refractivity contribution in [1.29, 1.82) is 0 Å². The highest BCUT2D eigenvalue weighted by atomic mass is 79.9. The molecule has 0 aliphatic carbocycles. The van der Waals surface area contributed by atoms with Crippen molar-refractivity contribution < 1.29 is 9.21 Å². The van der Waals surface area contributed by atoms with Crippen LogP contribution in [-0.2, 0) is 0 Å². The van der Waals surface area contributed by atoms with E-state index in [1.807, 2.05) is 48.5 Å². The lowest BCUT2D eigenvalue weighted by molar-refractivity contribution is 0.0929. The van der Waals surface area contributed by atoms with Crippen molar-refractivity contribution in [2.45, 2.75) is 0 Å². The van der Waals surface area contributed by atoms with E-state index in [1.54, 1.807) is 30.5 Å². The number of carbonyl (C=O) groups excluding carboxylic acids is 1. The van der Waals surface area contributed by atoms with Crippen molar-refractivity contribution in [3.05, 3.63) is 136 Å². The number of benzene rings is 4. The predicted octanol–water partition coefficient (Wildman–Crippen LogP) is 8.74. The third-order valence-corrected chi connectivity index (χ3v) is 7.07. The molecule has 1 amide bonds. The van der Waals surface area contributed by atoms with E-state index in [-0.39, 0.29) is 5.76 Å². The molecule has 0 aliphatic rings.